The number of nitrogens with two attached hydrogens (primary N) is 1. The molecule has 0 saturated heterocycles. The van der Waals surface area contributed by atoms with Crippen LogP contribution in [0.3, 0.4) is 0 Å². The van der Waals surface area contributed by atoms with Gasteiger partial charge in [0.25, 0.3) is 5.91 Å². The lowest BCUT2D eigenvalue weighted by atomic mass is 10.1. The molecule has 2 N–H and O–H groups in total. The van der Waals surface area contributed by atoms with Crippen molar-refractivity contribution in [3.8, 4) is 5.75 Å². The summed E-state index contributed by atoms with van der Waals surface area (Å²) in [5.41, 5.74) is 7.76. The topological polar surface area (TPSA) is 55.6 Å². The second-order valence-corrected chi connectivity index (χ2v) is 10.2. The zero-order valence-electron chi connectivity index (χ0n) is 18.6. The Morgan fingerprint density at radius 2 is 1.84 bits per heavy atom. The molecule has 2 aromatic rings. The van der Waals surface area contributed by atoms with E-state index in [2.05, 4.69) is 6.92 Å². The highest BCUT2D eigenvalue weighted by atomic mass is 32.2. The molecule has 6 heteroatoms. The van der Waals surface area contributed by atoms with Crippen LogP contribution in [0.5, 0.6) is 5.75 Å². The highest BCUT2D eigenvalue weighted by molar-refractivity contribution is 8.08. The predicted molar refractivity (Wildman–Crippen MR) is 129 cm³/mol. The highest BCUT2D eigenvalue weighted by Gasteiger charge is 2.46. The second kappa shape index (κ2) is 9.99. The average molecular weight is 455 g/mol. The van der Waals surface area contributed by atoms with Crippen LogP contribution >= 0.6 is 11.8 Å². The van der Waals surface area contributed by atoms with Gasteiger partial charge in [0.2, 0.25) is 0 Å². The molecule has 0 aliphatic heterocycles. The summed E-state index contributed by atoms with van der Waals surface area (Å²) < 4.78 is 19.1. The molecule has 0 aromatic heterocycles. The lowest BCUT2D eigenvalue weighted by molar-refractivity contribution is -0.128. The Labute approximate surface area is 194 Å². The van der Waals surface area contributed by atoms with Gasteiger partial charge in [-0.15, -0.1) is 11.8 Å². The molecule has 2 aliphatic carbocycles. The number of carbonyl (C=O) groups excluding carboxylic acids is 1. The van der Waals surface area contributed by atoms with Crippen molar-refractivity contribution in [2.75, 3.05) is 25.4 Å². The fraction of sp³-hybridized carbons (Fsp3) is 0.423. The normalized spacial score (nSPS) is 17.4. The van der Waals surface area contributed by atoms with Gasteiger partial charge in [-0.2, -0.15) is 0 Å². The maximum Gasteiger partial charge on any atom is 0.270 e. The first-order valence-electron chi connectivity index (χ1n) is 11.4. The number of thioether (sulfide) groups is 1. The minimum absolute atomic E-state index is 0.0516. The van der Waals surface area contributed by atoms with E-state index in [9.17, 15) is 9.18 Å². The summed E-state index contributed by atoms with van der Waals surface area (Å²) in [5.74, 6) is 1.71. The summed E-state index contributed by atoms with van der Waals surface area (Å²) in [4.78, 5) is 16.4. The van der Waals surface area contributed by atoms with Crippen molar-refractivity contribution < 1.29 is 13.9 Å². The van der Waals surface area contributed by atoms with Crippen molar-refractivity contribution in [2.45, 2.75) is 32.6 Å². The van der Waals surface area contributed by atoms with Gasteiger partial charge in [0.05, 0.1) is 6.61 Å². The van der Waals surface area contributed by atoms with Gasteiger partial charge in [0.1, 0.15) is 17.3 Å². The minimum atomic E-state index is -0.277. The first kappa shape index (κ1) is 22.7. The van der Waals surface area contributed by atoms with Crippen molar-refractivity contribution in [3.05, 3.63) is 71.7 Å². The zero-order chi connectivity index (χ0) is 22.6. The van der Waals surface area contributed by atoms with Crippen LogP contribution in [0.4, 0.5) is 4.39 Å². The van der Waals surface area contributed by atoms with Gasteiger partial charge in [0, 0.05) is 23.4 Å². The standard InChI is InChI=1S/C26H31FN2O2S/c1-2-32-24(20-6-4-3-5-7-20)23(28)25(30)29(16-19-8-9-19)17-26(14-15-26)18-31-22-12-10-21(27)11-13-22/h3-7,10-13,19H,2,8-9,14-18,28H2,1H3/b24-23-. The summed E-state index contributed by atoms with van der Waals surface area (Å²) in [6.45, 7) is 3.98. The molecular weight excluding hydrogens is 423 g/mol. The Morgan fingerprint density at radius 1 is 1.16 bits per heavy atom. The van der Waals surface area contributed by atoms with Crippen LogP contribution in [0.1, 0.15) is 38.2 Å². The van der Waals surface area contributed by atoms with Crippen LogP contribution in [0.25, 0.3) is 4.91 Å². The summed E-state index contributed by atoms with van der Waals surface area (Å²) >= 11 is 1.61. The van der Waals surface area contributed by atoms with E-state index in [1.165, 1.54) is 25.0 Å². The second-order valence-electron chi connectivity index (χ2n) is 8.91. The Bertz CT molecular complexity index is 954. The summed E-state index contributed by atoms with van der Waals surface area (Å²) in [6, 6.07) is 16.0. The molecule has 0 radical (unpaired) electrons. The summed E-state index contributed by atoms with van der Waals surface area (Å²) in [7, 11) is 0. The number of halogens is 1. The Balaban J connectivity index is 1.49. The number of benzene rings is 2. The summed E-state index contributed by atoms with van der Waals surface area (Å²) in [6.07, 6.45) is 4.37. The summed E-state index contributed by atoms with van der Waals surface area (Å²) in [5, 5.41) is 0. The highest BCUT2D eigenvalue weighted by Crippen LogP contribution is 2.47. The third kappa shape index (κ3) is 5.85. The van der Waals surface area contributed by atoms with Gasteiger partial charge in [-0.25, -0.2) is 4.39 Å². The van der Waals surface area contributed by atoms with E-state index in [1.807, 2.05) is 35.2 Å². The maximum atomic E-state index is 13.6. The molecule has 0 atom stereocenters. The average Bonchev–Trinajstić information content (AvgIpc) is 3.74. The molecule has 32 heavy (non-hydrogen) atoms. The van der Waals surface area contributed by atoms with E-state index in [0.717, 1.165) is 35.6 Å². The van der Waals surface area contributed by atoms with Crippen LogP contribution in [-0.2, 0) is 4.79 Å². The van der Waals surface area contributed by atoms with E-state index in [1.54, 1.807) is 23.9 Å². The van der Waals surface area contributed by atoms with Crippen molar-refractivity contribution in [2.24, 2.45) is 17.1 Å². The van der Waals surface area contributed by atoms with E-state index in [4.69, 9.17) is 10.5 Å². The molecule has 2 fully saturated rings. The lowest BCUT2D eigenvalue weighted by Crippen LogP contribution is -2.41. The Morgan fingerprint density at radius 3 is 2.44 bits per heavy atom. The first-order valence-corrected chi connectivity index (χ1v) is 12.3. The molecule has 0 heterocycles. The zero-order valence-corrected chi connectivity index (χ0v) is 19.4. The quantitative estimate of drug-likeness (QED) is 0.468. The molecular formula is C26H31FN2O2S. The molecule has 170 valence electrons. The van der Waals surface area contributed by atoms with Crippen molar-refractivity contribution >= 4 is 22.6 Å². The molecule has 2 aliphatic rings. The molecule has 2 aromatic carbocycles. The van der Waals surface area contributed by atoms with Gasteiger partial charge in [-0.05, 0) is 67.2 Å². The molecule has 0 unspecified atom stereocenters. The van der Waals surface area contributed by atoms with E-state index < -0.39 is 0 Å². The predicted octanol–water partition coefficient (Wildman–Crippen LogP) is 5.30. The van der Waals surface area contributed by atoms with Crippen molar-refractivity contribution in [1.82, 2.24) is 4.90 Å². The fourth-order valence-corrected chi connectivity index (χ4v) is 4.68. The maximum absolute atomic E-state index is 13.6. The van der Waals surface area contributed by atoms with E-state index in [0.29, 0.717) is 30.5 Å². The molecule has 4 rings (SSSR count). The van der Waals surface area contributed by atoms with E-state index in [-0.39, 0.29) is 17.1 Å². The fourth-order valence-electron chi connectivity index (χ4n) is 3.85. The number of hydrogen-bond acceptors (Lipinski definition) is 4. The van der Waals surface area contributed by atoms with Gasteiger partial charge in [0.15, 0.2) is 0 Å². The molecule has 0 spiro atoms. The van der Waals surface area contributed by atoms with Gasteiger partial charge in [-0.1, -0.05) is 37.3 Å². The monoisotopic (exact) mass is 454 g/mol. The van der Waals surface area contributed by atoms with Crippen LogP contribution in [0.15, 0.2) is 60.3 Å². The Kier molecular flexibility index (Phi) is 7.09. The third-order valence-electron chi connectivity index (χ3n) is 6.10. The molecule has 0 bridgehead atoms. The number of nitrogens with zero attached hydrogens (tertiary/aromatic N) is 1. The van der Waals surface area contributed by atoms with Gasteiger partial charge in [-0.3, -0.25) is 4.79 Å². The van der Waals surface area contributed by atoms with Crippen molar-refractivity contribution in [1.29, 1.82) is 0 Å². The number of hydrogen-bond donors (Lipinski definition) is 1. The van der Waals surface area contributed by atoms with Crippen molar-refractivity contribution in [3.63, 3.8) is 0 Å². The van der Waals surface area contributed by atoms with Gasteiger partial charge >= 0.3 is 0 Å². The van der Waals surface area contributed by atoms with E-state index >= 15 is 0 Å². The van der Waals surface area contributed by atoms with Crippen LogP contribution in [0, 0.1) is 17.2 Å². The number of amides is 1. The Hall–Kier alpha value is -2.47. The minimum Gasteiger partial charge on any atom is -0.493 e. The molecule has 1 amide bonds. The first-order chi connectivity index (χ1) is 15.5. The molecule has 2 saturated carbocycles. The smallest absolute Gasteiger partial charge is 0.270 e. The number of rotatable bonds is 11. The van der Waals surface area contributed by atoms with Gasteiger partial charge < -0.3 is 15.4 Å². The van der Waals surface area contributed by atoms with Crippen LogP contribution in [0.2, 0.25) is 0 Å². The number of ether oxygens (including phenoxy) is 1. The number of carbonyl (C=O) groups is 1. The largest absolute Gasteiger partial charge is 0.493 e. The third-order valence-corrected chi connectivity index (χ3v) is 7.14. The van der Waals surface area contributed by atoms with Crippen LogP contribution < -0.4 is 10.5 Å². The molecule has 4 nitrogen and oxygen atoms in total. The lowest BCUT2D eigenvalue weighted by Gasteiger charge is -2.28. The SMILES string of the molecule is CCS/C(=C(\N)C(=O)N(CC1CC1)CC1(COc2ccc(F)cc2)CC1)c1ccccc1. The van der Waals surface area contributed by atoms with Crippen LogP contribution in [-0.4, -0.2) is 36.3 Å².